The van der Waals surface area contributed by atoms with Crippen molar-refractivity contribution in [1.82, 2.24) is 0 Å². The van der Waals surface area contributed by atoms with Crippen molar-refractivity contribution in [3.05, 3.63) is 0 Å². The van der Waals surface area contributed by atoms with Gasteiger partial charge in [0.25, 0.3) is 5.92 Å². The molecule has 3 N–H and O–H groups in total. The summed E-state index contributed by atoms with van der Waals surface area (Å²) >= 11 is 0. The maximum absolute atomic E-state index is 12.8. The number of aliphatic hydroxyl groups excluding tert-OH is 1. The largest absolute Gasteiger partial charge is 0.387 e. The first kappa shape index (κ1) is 13.1. The molecule has 1 rings (SSSR count). The summed E-state index contributed by atoms with van der Waals surface area (Å²) in [6.45, 7) is -0.759. The van der Waals surface area contributed by atoms with Crippen LogP contribution in [-0.2, 0) is 0 Å². The van der Waals surface area contributed by atoms with Crippen LogP contribution < -0.4 is 5.73 Å². The first-order chi connectivity index (χ1) is 5.58. The maximum Gasteiger partial charge on any atom is 0.285 e. The SMILES string of the molecule is Cl.NCC(F)(F)C(O)C1CCCC1. The van der Waals surface area contributed by atoms with E-state index in [1.54, 1.807) is 0 Å². The molecule has 0 radical (unpaired) electrons. The average Bonchev–Trinajstić information content (AvgIpc) is 2.55. The lowest BCUT2D eigenvalue weighted by molar-refractivity contribution is -0.123. The Bertz CT molecular complexity index is 151. The molecule has 0 amide bonds. The van der Waals surface area contributed by atoms with E-state index in [-0.39, 0.29) is 18.3 Å². The smallest absolute Gasteiger partial charge is 0.285 e. The topological polar surface area (TPSA) is 46.2 Å². The van der Waals surface area contributed by atoms with Gasteiger partial charge in [0, 0.05) is 0 Å². The lowest BCUT2D eigenvalue weighted by Crippen LogP contribution is -2.44. The van der Waals surface area contributed by atoms with Crippen LogP contribution in [0.3, 0.4) is 0 Å². The number of hydrogen-bond donors (Lipinski definition) is 2. The summed E-state index contributed by atoms with van der Waals surface area (Å²) in [5, 5.41) is 9.25. The van der Waals surface area contributed by atoms with Crippen molar-refractivity contribution in [1.29, 1.82) is 0 Å². The number of nitrogens with two attached hydrogens (primary N) is 1. The van der Waals surface area contributed by atoms with Gasteiger partial charge in [-0.25, -0.2) is 8.78 Å². The number of alkyl halides is 2. The minimum absolute atomic E-state index is 0. The van der Waals surface area contributed by atoms with Crippen molar-refractivity contribution in [3.8, 4) is 0 Å². The van der Waals surface area contributed by atoms with E-state index in [4.69, 9.17) is 5.73 Å². The van der Waals surface area contributed by atoms with Crippen LogP contribution in [0.1, 0.15) is 25.7 Å². The van der Waals surface area contributed by atoms with Gasteiger partial charge in [0.05, 0.1) is 6.54 Å². The summed E-state index contributed by atoms with van der Waals surface area (Å²) in [6.07, 6.45) is 1.77. The van der Waals surface area contributed by atoms with Crippen molar-refractivity contribution in [2.24, 2.45) is 11.7 Å². The van der Waals surface area contributed by atoms with E-state index in [1.807, 2.05) is 0 Å². The third-order valence-corrected chi connectivity index (χ3v) is 2.55. The van der Waals surface area contributed by atoms with Gasteiger partial charge < -0.3 is 10.8 Å². The average molecular weight is 216 g/mol. The molecule has 0 bridgehead atoms. The Morgan fingerprint density at radius 1 is 1.38 bits per heavy atom. The first-order valence-electron chi connectivity index (χ1n) is 4.34. The van der Waals surface area contributed by atoms with Crippen LogP contribution >= 0.6 is 12.4 Å². The number of hydrogen-bond acceptors (Lipinski definition) is 2. The van der Waals surface area contributed by atoms with Crippen molar-refractivity contribution < 1.29 is 13.9 Å². The first-order valence-corrected chi connectivity index (χ1v) is 4.34. The van der Waals surface area contributed by atoms with Gasteiger partial charge in [0.2, 0.25) is 0 Å². The van der Waals surface area contributed by atoms with Gasteiger partial charge in [-0.1, -0.05) is 12.8 Å². The normalized spacial score (nSPS) is 21.2. The second-order valence-electron chi connectivity index (χ2n) is 3.45. The molecule has 0 aromatic heterocycles. The summed E-state index contributed by atoms with van der Waals surface area (Å²) in [5.74, 6) is -3.35. The molecule has 5 heteroatoms. The van der Waals surface area contributed by atoms with Crippen molar-refractivity contribution >= 4 is 12.4 Å². The van der Waals surface area contributed by atoms with E-state index in [2.05, 4.69) is 0 Å². The minimum atomic E-state index is -3.10. The highest BCUT2D eigenvalue weighted by Gasteiger charge is 2.42. The van der Waals surface area contributed by atoms with Crippen molar-refractivity contribution in [3.63, 3.8) is 0 Å². The molecule has 1 aliphatic rings. The molecule has 0 aromatic rings. The Labute approximate surface area is 82.9 Å². The monoisotopic (exact) mass is 215 g/mol. The Kier molecular flexibility index (Phi) is 5.10. The standard InChI is InChI=1S/C8H15F2NO.ClH/c9-8(10,5-11)7(12)6-3-1-2-4-6;/h6-7,12H,1-5,11H2;1H. The third-order valence-electron chi connectivity index (χ3n) is 2.55. The number of rotatable bonds is 3. The molecule has 0 aliphatic heterocycles. The second kappa shape index (κ2) is 5.08. The maximum atomic E-state index is 12.8. The quantitative estimate of drug-likeness (QED) is 0.751. The van der Waals surface area contributed by atoms with Crippen LogP contribution in [-0.4, -0.2) is 23.7 Å². The Morgan fingerprint density at radius 3 is 2.23 bits per heavy atom. The summed E-state index contributed by atoms with van der Waals surface area (Å²) in [5.41, 5.74) is 4.86. The molecule has 1 unspecified atom stereocenters. The molecule has 80 valence electrons. The number of halogens is 3. The fourth-order valence-electron chi connectivity index (χ4n) is 1.74. The predicted molar refractivity (Wildman–Crippen MR) is 49.2 cm³/mol. The van der Waals surface area contributed by atoms with Crippen LogP contribution in [0.25, 0.3) is 0 Å². The van der Waals surface area contributed by atoms with Gasteiger partial charge in [0.1, 0.15) is 6.10 Å². The molecule has 1 fully saturated rings. The molecule has 1 saturated carbocycles. The van der Waals surface area contributed by atoms with Crippen LogP contribution in [0.4, 0.5) is 8.78 Å². The van der Waals surface area contributed by atoms with Gasteiger partial charge in [-0.2, -0.15) is 0 Å². The highest BCUT2D eigenvalue weighted by molar-refractivity contribution is 5.85. The zero-order chi connectivity index (χ0) is 9.19. The fourth-order valence-corrected chi connectivity index (χ4v) is 1.74. The molecule has 0 spiro atoms. The molecule has 2 nitrogen and oxygen atoms in total. The van der Waals surface area contributed by atoms with Gasteiger partial charge in [-0.3, -0.25) is 0 Å². The molecule has 0 saturated heterocycles. The predicted octanol–water partition coefficient (Wildman–Crippen LogP) is 1.55. The van der Waals surface area contributed by atoms with Crippen LogP contribution in [0, 0.1) is 5.92 Å². The molecule has 1 aliphatic carbocycles. The zero-order valence-corrected chi connectivity index (χ0v) is 8.20. The summed E-state index contributed by atoms with van der Waals surface area (Å²) in [4.78, 5) is 0. The Hall–Kier alpha value is 0.0700. The van der Waals surface area contributed by atoms with Gasteiger partial charge >= 0.3 is 0 Å². The van der Waals surface area contributed by atoms with Crippen molar-refractivity contribution in [2.45, 2.75) is 37.7 Å². The Morgan fingerprint density at radius 2 is 1.85 bits per heavy atom. The lowest BCUT2D eigenvalue weighted by Gasteiger charge is -2.25. The highest BCUT2D eigenvalue weighted by Crippen LogP contribution is 2.34. The van der Waals surface area contributed by atoms with Crippen molar-refractivity contribution in [2.75, 3.05) is 6.54 Å². The van der Waals surface area contributed by atoms with E-state index in [0.29, 0.717) is 12.8 Å². The lowest BCUT2D eigenvalue weighted by atomic mass is 9.96. The minimum Gasteiger partial charge on any atom is -0.387 e. The zero-order valence-electron chi connectivity index (χ0n) is 7.38. The molecular formula is C8H16ClF2NO. The van der Waals surface area contributed by atoms with Crippen LogP contribution in [0.5, 0.6) is 0 Å². The van der Waals surface area contributed by atoms with E-state index in [9.17, 15) is 13.9 Å². The van der Waals surface area contributed by atoms with Crippen LogP contribution in [0.2, 0.25) is 0 Å². The summed E-state index contributed by atoms with van der Waals surface area (Å²) < 4.78 is 25.6. The number of aliphatic hydroxyl groups is 1. The highest BCUT2D eigenvalue weighted by atomic mass is 35.5. The van der Waals surface area contributed by atoms with Gasteiger partial charge in [-0.05, 0) is 18.8 Å². The molecule has 1 atom stereocenters. The Balaban J connectivity index is 0.00000144. The summed E-state index contributed by atoms with van der Waals surface area (Å²) in [7, 11) is 0. The fraction of sp³-hybridized carbons (Fsp3) is 1.00. The van der Waals surface area contributed by atoms with Crippen LogP contribution in [0.15, 0.2) is 0 Å². The van der Waals surface area contributed by atoms with E-state index >= 15 is 0 Å². The molecule has 0 heterocycles. The molecular weight excluding hydrogens is 200 g/mol. The second-order valence-corrected chi connectivity index (χ2v) is 3.45. The summed E-state index contributed by atoms with van der Waals surface area (Å²) in [6, 6.07) is 0. The van der Waals surface area contributed by atoms with E-state index in [1.165, 1.54) is 0 Å². The molecule has 0 aromatic carbocycles. The van der Waals surface area contributed by atoms with E-state index < -0.39 is 18.6 Å². The third kappa shape index (κ3) is 3.04. The van der Waals surface area contributed by atoms with E-state index in [0.717, 1.165) is 12.8 Å². The van der Waals surface area contributed by atoms with Gasteiger partial charge in [0.15, 0.2) is 0 Å². The molecule has 13 heavy (non-hydrogen) atoms. The van der Waals surface area contributed by atoms with Gasteiger partial charge in [-0.15, -0.1) is 12.4 Å².